The van der Waals surface area contributed by atoms with Gasteiger partial charge in [-0.25, -0.2) is 4.79 Å². The number of carbonyl (C=O) groups is 2. The predicted molar refractivity (Wildman–Crippen MR) is 39.1 cm³/mol. The van der Waals surface area contributed by atoms with Gasteiger partial charge < -0.3 is 47.1 Å². The number of aliphatic carboxylic acids is 2. The van der Waals surface area contributed by atoms with E-state index in [4.69, 9.17) is 15.3 Å². The summed E-state index contributed by atoms with van der Waals surface area (Å²) in [6.07, 6.45) is -4.71. The van der Waals surface area contributed by atoms with E-state index in [2.05, 4.69) is 0 Å². The molecule has 90 valence electrons. The summed E-state index contributed by atoms with van der Waals surface area (Å²) in [5.74, 6) is -3.83. The Morgan fingerprint density at radius 1 is 0.933 bits per heavy atom. The maximum Gasteiger partial charge on any atom is 1.00 e. The Morgan fingerprint density at radius 3 is 1.27 bits per heavy atom. The SMILES string of the molecule is O.O.O.O.O=C([O-])C(O)C(O)C(=O)O.[K+]. The van der Waals surface area contributed by atoms with Crippen LogP contribution in [0.3, 0.4) is 0 Å². The molecule has 0 rings (SSSR count). The maximum atomic E-state index is 9.74. The van der Waals surface area contributed by atoms with Crippen molar-refractivity contribution >= 4 is 11.9 Å². The van der Waals surface area contributed by atoms with Crippen molar-refractivity contribution in [3.8, 4) is 0 Å². The Bertz CT molecular complexity index is 142. The van der Waals surface area contributed by atoms with Crippen molar-refractivity contribution in [1.29, 1.82) is 0 Å². The molecular weight excluding hydrogens is 247 g/mol. The van der Waals surface area contributed by atoms with Crippen LogP contribution in [0.2, 0.25) is 0 Å². The van der Waals surface area contributed by atoms with E-state index in [9.17, 15) is 14.7 Å². The molecule has 2 unspecified atom stereocenters. The fourth-order valence-electron chi connectivity index (χ4n) is 0.264. The minimum atomic E-state index is -2.38. The first-order chi connectivity index (χ1) is 4.46. The van der Waals surface area contributed by atoms with E-state index in [-0.39, 0.29) is 73.3 Å². The molecule has 2 atom stereocenters. The summed E-state index contributed by atoms with van der Waals surface area (Å²) in [6.45, 7) is 0. The number of aliphatic hydroxyl groups is 2. The normalized spacial score (nSPS) is 10.5. The summed E-state index contributed by atoms with van der Waals surface area (Å²) in [4.78, 5) is 19.4. The van der Waals surface area contributed by atoms with Gasteiger partial charge in [0.2, 0.25) is 0 Å². The van der Waals surface area contributed by atoms with E-state index in [0.29, 0.717) is 0 Å². The van der Waals surface area contributed by atoms with Gasteiger partial charge in [0.1, 0.15) is 6.10 Å². The van der Waals surface area contributed by atoms with Crippen LogP contribution in [-0.2, 0) is 9.59 Å². The van der Waals surface area contributed by atoms with Crippen molar-refractivity contribution in [3.63, 3.8) is 0 Å². The molecule has 0 aliphatic heterocycles. The van der Waals surface area contributed by atoms with Crippen molar-refractivity contribution in [2.75, 3.05) is 0 Å². The fourth-order valence-corrected chi connectivity index (χ4v) is 0.264. The molecule has 0 saturated heterocycles. The first-order valence-corrected chi connectivity index (χ1v) is 2.26. The van der Waals surface area contributed by atoms with Crippen LogP contribution in [0.15, 0.2) is 0 Å². The Hall–Kier alpha value is 0.336. The van der Waals surface area contributed by atoms with Gasteiger partial charge in [0.25, 0.3) is 0 Å². The third kappa shape index (κ3) is 14.3. The Labute approximate surface area is 126 Å². The Morgan fingerprint density at radius 2 is 1.20 bits per heavy atom. The van der Waals surface area contributed by atoms with Crippen molar-refractivity contribution in [2.24, 2.45) is 0 Å². The zero-order valence-electron chi connectivity index (χ0n) is 7.72. The topological polar surface area (TPSA) is 244 Å². The number of carboxylic acids is 2. The molecule has 0 saturated carbocycles. The molecule has 11 heteroatoms. The van der Waals surface area contributed by atoms with Crippen LogP contribution in [-0.4, -0.2) is 61.4 Å². The molecule has 0 bridgehead atoms. The molecule has 0 fully saturated rings. The van der Waals surface area contributed by atoms with Crippen LogP contribution in [0.5, 0.6) is 0 Å². The second kappa shape index (κ2) is 16.8. The number of carboxylic acid groups (broad SMARTS) is 2. The van der Waals surface area contributed by atoms with Crippen molar-refractivity contribution in [2.45, 2.75) is 12.2 Å². The van der Waals surface area contributed by atoms with E-state index in [0.717, 1.165) is 0 Å². The van der Waals surface area contributed by atoms with Crippen LogP contribution >= 0.6 is 0 Å². The van der Waals surface area contributed by atoms with Gasteiger partial charge in [-0.1, -0.05) is 0 Å². The molecule has 0 amide bonds. The molecule has 15 heavy (non-hydrogen) atoms. The van der Waals surface area contributed by atoms with Gasteiger partial charge in [-0.15, -0.1) is 0 Å². The zero-order chi connectivity index (χ0) is 8.31. The van der Waals surface area contributed by atoms with Gasteiger partial charge >= 0.3 is 57.4 Å². The van der Waals surface area contributed by atoms with Crippen LogP contribution in [0, 0.1) is 0 Å². The molecule has 0 aliphatic rings. The summed E-state index contributed by atoms with van der Waals surface area (Å²) in [7, 11) is 0. The van der Waals surface area contributed by atoms with Crippen LogP contribution in [0.25, 0.3) is 0 Å². The first-order valence-electron chi connectivity index (χ1n) is 2.26. The average molecular weight is 260 g/mol. The van der Waals surface area contributed by atoms with Crippen molar-refractivity contribution in [1.82, 2.24) is 0 Å². The fraction of sp³-hybridized carbons (Fsp3) is 0.500. The summed E-state index contributed by atoms with van der Waals surface area (Å²) >= 11 is 0. The molecule has 11 N–H and O–H groups in total. The van der Waals surface area contributed by atoms with E-state index < -0.39 is 24.1 Å². The number of rotatable bonds is 3. The van der Waals surface area contributed by atoms with E-state index >= 15 is 0 Å². The molecule has 0 heterocycles. The molecule has 0 radical (unpaired) electrons. The second-order valence-corrected chi connectivity index (χ2v) is 1.55. The van der Waals surface area contributed by atoms with Crippen LogP contribution in [0.1, 0.15) is 0 Å². The van der Waals surface area contributed by atoms with Gasteiger partial charge in [0.05, 0.1) is 5.97 Å². The summed E-state index contributed by atoms with van der Waals surface area (Å²) in [5, 5.41) is 34.1. The molecule has 0 aromatic heterocycles. The van der Waals surface area contributed by atoms with Crippen LogP contribution in [0.4, 0.5) is 0 Å². The smallest absolute Gasteiger partial charge is 0.547 e. The Balaban J connectivity index is -0.0000000405. The van der Waals surface area contributed by atoms with Crippen LogP contribution < -0.4 is 56.5 Å². The molecule has 0 aromatic carbocycles. The standard InChI is InChI=1S/C4H6O6.K.4H2O/c5-1(3(7)8)2(6)4(9)10;;;;;/h1-2,5-6H,(H,7,8)(H,9,10);;4*1H2/q;+1;;;;/p-1. The van der Waals surface area contributed by atoms with Gasteiger partial charge in [-0.05, 0) is 0 Å². The monoisotopic (exact) mass is 260 g/mol. The quantitative estimate of drug-likeness (QED) is 0.415. The first kappa shape index (κ1) is 36.2. The minimum absolute atomic E-state index is 0. The molecule has 0 spiro atoms. The summed E-state index contributed by atoms with van der Waals surface area (Å²) in [5.41, 5.74) is 0. The Kier molecular flexibility index (Phi) is 40.4. The van der Waals surface area contributed by atoms with E-state index in [1.54, 1.807) is 0 Å². The minimum Gasteiger partial charge on any atom is -0.547 e. The summed E-state index contributed by atoms with van der Waals surface area (Å²) < 4.78 is 0. The largest absolute Gasteiger partial charge is 1.00 e. The average Bonchev–Trinajstić information content (AvgIpc) is 1.84. The predicted octanol–water partition coefficient (Wildman–Crippen LogP) is -9.75. The van der Waals surface area contributed by atoms with E-state index in [1.165, 1.54) is 0 Å². The number of hydrogen-bond donors (Lipinski definition) is 3. The number of hydrogen-bond acceptors (Lipinski definition) is 5. The van der Waals surface area contributed by atoms with Gasteiger partial charge in [0, 0.05) is 0 Å². The third-order valence-electron chi connectivity index (χ3n) is 0.794. The zero-order valence-corrected chi connectivity index (χ0v) is 10.8. The summed E-state index contributed by atoms with van der Waals surface area (Å²) in [6, 6.07) is 0. The van der Waals surface area contributed by atoms with Crippen molar-refractivity contribution < 1.29 is 103 Å². The van der Waals surface area contributed by atoms with Crippen molar-refractivity contribution in [3.05, 3.63) is 0 Å². The van der Waals surface area contributed by atoms with E-state index in [1.807, 2.05) is 0 Å². The second-order valence-electron chi connectivity index (χ2n) is 1.55. The number of carbonyl (C=O) groups excluding carboxylic acids is 1. The number of aliphatic hydroxyl groups excluding tert-OH is 2. The molecule has 0 aromatic rings. The third-order valence-corrected chi connectivity index (χ3v) is 0.794. The maximum absolute atomic E-state index is 9.74. The van der Waals surface area contributed by atoms with Gasteiger partial charge in [-0.2, -0.15) is 0 Å². The van der Waals surface area contributed by atoms with Gasteiger partial charge in [-0.3, -0.25) is 0 Å². The molecule has 10 nitrogen and oxygen atoms in total. The van der Waals surface area contributed by atoms with Gasteiger partial charge in [0.15, 0.2) is 6.10 Å². The molecule has 0 aliphatic carbocycles. The molecular formula is C4H13KO10.